The van der Waals surface area contributed by atoms with Crippen LogP contribution < -0.4 is 5.32 Å². The molecule has 0 aliphatic carbocycles. The standard InChI is InChI=1S/C27H19F3N4O5/c1-3-34(2)25(36)17-12-22-19(11-16(17)15-6-4-5-7-20(15)27(28,29)30)23(33-39-22)24(35)32-21-9-8-14(13-31)10-18(21)26(37)38/h4-12H,3H2,1-2H3,(H,32,35)(H,37,38). The Labute approximate surface area is 219 Å². The van der Waals surface area contributed by atoms with Gasteiger partial charge in [-0.3, -0.25) is 9.59 Å². The van der Waals surface area contributed by atoms with Crippen LogP contribution in [-0.4, -0.2) is 46.5 Å². The molecular weight excluding hydrogens is 517 g/mol. The molecule has 198 valence electrons. The number of carboxylic acid groups (broad SMARTS) is 1. The summed E-state index contributed by atoms with van der Waals surface area (Å²) in [6.45, 7) is 1.98. The van der Waals surface area contributed by atoms with Crippen LogP contribution in [0.25, 0.3) is 22.1 Å². The molecule has 2 amide bonds. The Morgan fingerprint density at radius 3 is 2.44 bits per heavy atom. The maximum Gasteiger partial charge on any atom is 0.417 e. The second-order valence-electron chi connectivity index (χ2n) is 8.42. The van der Waals surface area contributed by atoms with Crippen LogP contribution in [0.4, 0.5) is 18.9 Å². The van der Waals surface area contributed by atoms with Gasteiger partial charge in [-0.1, -0.05) is 23.4 Å². The smallest absolute Gasteiger partial charge is 0.417 e. The number of amides is 2. The molecular formula is C27H19F3N4O5. The summed E-state index contributed by atoms with van der Waals surface area (Å²) in [6, 6.07) is 12.6. The number of alkyl halides is 3. The van der Waals surface area contributed by atoms with Gasteiger partial charge in [0.1, 0.15) is 0 Å². The van der Waals surface area contributed by atoms with E-state index in [1.165, 1.54) is 54.4 Å². The van der Waals surface area contributed by atoms with E-state index < -0.39 is 29.5 Å². The monoisotopic (exact) mass is 536 g/mol. The fourth-order valence-corrected chi connectivity index (χ4v) is 3.94. The van der Waals surface area contributed by atoms with Gasteiger partial charge in [0.05, 0.1) is 39.4 Å². The van der Waals surface area contributed by atoms with E-state index in [9.17, 15) is 32.7 Å². The number of aromatic nitrogens is 1. The van der Waals surface area contributed by atoms with Crippen molar-refractivity contribution in [3.63, 3.8) is 0 Å². The maximum absolute atomic E-state index is 13.9. The summed E-state index contributed by atoms with van der Waals surface area (Å²) in [5, 5.41) is 24.6. The van der Waals surface area contributed by atoms with E-state index in [-0.39, 0.29) is 56.7 Å². The molecule has 2 N–H and O–H groups in total. The number of benzene rings is 3. The lowest BCUT2D eigenvalue weighted by molar-refractivity contribution is -0.137. The number of carbonyl (C=O) groups is 3. The lowest BCUT2D eigenvalue weighted by atomic mass is 9.92. The second-order valence-corrected chi connectivity index (χ2v) is 8.42. The van der Waals surface area contributed by atoms with Gasteiger partial charge in [-0.05, 0) is 54.4 Å². The number of rotatable bonds is 6. The summed E-state index contributed by atoms with van der Waals surface area (Å²) in [7, 11) is 1.49. The molecule has 39 heavy (non-hydrogen) atoms. The molecule has 3 aromatic carbocycles. The summed E-state index contributed by atoms with van der Waals surface area (Å²) < 4.78 is 46.9. The van der Waals surface area contributed by atoms with E-state index in [1.807, 2.05) is 0 Å². The highest BCUT2D eigenvalue weighted by Crippen LogP contribution is 2.40. The summed E-state index contributed by atoms with van der Waals surface area (Å²) in [5.41, 5.74) is -2.28. The van der Waals surface area contributed by atoms with Gasteiger partial charge >= 0.3 is 12.1 Å². The van der Waals surface area contributed by atoms with Crippen LogP contribution in [0.5, 0.6) is 0 Å². The highest BCUT2D eigenvalue weighted by atomic mass is 19.4. The van der Waals surface area contributed by atoms with E-state index in [4.69, 9.17) is 9.78 Å². The molecule has 1 aromatic heterocycles. The molecule has 0 saturated carbocycles. The van der Waals surface area contributed by atoms with Gasteiger partial charge < -0.3 is 19.8 Å². The van der Waals surface area contributed by atoms with Crippen LogP contribution in [0.3, 0.4) is 0 Å². The van der Waals surface area contributed by atoms with Gasteiger partial charge in [0.25, 0.3) is 11.8 Å². The minimum atomic E-state index is -4.74. The number of nitrogens with zero attached hydrogens (tertiary/aromatic N) is 3. The molecule has 0 bridgehead atoms. The lowest BCUT2D eigenvalue weighted by Gasteiger charge is -2.19. The van der Waals surface area contributed by atoms with Crippen molar-refractivity contribution in [3.8, 4) is 17.2 Å². The van der Waals surface area contributed by atoms with E-state index in [2.05, 4.69) is 10.5 Å². The Bertz CT molecular complexity index is 1670. The number of aromatic carboxylic acids is 1. The molecule has 12 heteroatoms. The SMILES string of the molecule is CCN(C)C(=O)c1cc2onc(C(=O)Nc3ccc(C#N)cc3C(=O)O)c2cc1-c1ccccc1C(F)(F)F. The number of halogens is 3. The average Bonchev–Trinajstić information content (AvgIpc) is 3.34. The molecule has 0 aliphatic rings. The number of nitrogens with one attached hydrogen (secondary N) is 1. The third kappa shape index (κ3) is 5.15. The van der Waals surface area contributed by atoms with Crippen LogP contribution in [-0.2, 0) is 6.18 Å². The zero-order valence-electron chi connectivity index (χ0n) is 20.5. The number of nitriles is 1. The van der Waals surface area contributed by atoms with Crippen LogP contribution in [0.2, 0.25) is 0 Å². The predicted octanol–water partition coefficient (Wildman–Crippen LogP) is 5.43. The maximum atomic E-state index is 13.9. The molecule has 4 aromatic rings. The fraction of sp³-hybridized carbons (Fsp3) is 0.148. The summed E-state index contributed by atoms with van der Waals surface area (Å²) in [6.07, 6.45) is -4.74. The van der Waals surface area contributed by atoms with Crippen molar-refractivity contribution >= 4 is 34.4 Å². The molecule has 0 aliphatic heterocycles. The summed E-state index contributed by atoms with van der Waals surface area (Å²) in [4.78, 5) is 39.2. The van der Waals surface area contributed by atoms with E-state index in [1.54, 1.807) is 13.0 Å². The van der Waals surface area contributed by atoms with Crippen molar-refractivity contribution in [1.29, 1.82) is 5.26 Å². The topological polar surface area (TPSA) is 137 Å². The first-order valence-electron chi connectivity index (χ1n) is 11.4. The largest absolute Gasteiger partial charge is 0.478 e. The van der Waals surface area contributed by atoms with E-state index in [0.29, 0.717) is 0 Å². The van der Waals surface area contributed by atoms with Gasteiger partial charge in [0, 0.05) is 13.6 Å². The van der Waals surface area contributed by atoms with Crippen molar-refractivity contribution in [3.05, 3.63) is 82.5 Å². The fourth-order valence-electron chi connectivity index (χ4n) is 3.94. The van der Waals surface area contributed by atoms with Gasteiger partial charge in [-0.2, -0.15) is 18.4 Å². The summed E-state index contributed by atoms with van der Waals surface area (Å²) in [5.74, 6) is -2.89. The van der Waals surface area contributed by atoms with E-state index >= 15 is 0 Å². The van der Waals surface area contributed by atoms with Crippen molar-refractivity contribution < 1.29 is 37.2 Å². The van der Waals surface area contributed by atoms with Gasteiger partial charge in [0.2, 0.25) is 0 Å². The first kappa shape index (κ1) is 26.9. The van der Waals surface area contributed by atoms with Crippen molar-refractivity contribution in [2.75, 3.05) is 18.9 Å². The van der Waals surface area contributed by atoms with Crippen molar-refractivity contribution in [2.45, 2.75) is 13.1 Å². The molecule has 4 rings (SSSR count). The van der Waals surface area contributed by atoms with Crippen LogP contribution in [0.15, 0.2) is 59.1 Å². The average molecular weight is 536 g/mol. The molecule has 0 spiro atoms. The van der Waals surface area contributed by atoms with Crippen LogP contribution in [0.1, 0.15) is 49.3 Å². The minimum absolute atomic E-state index is 0.000647. The number of fused-ring (bicyclic) bond motifs is 1. The zero-order chi connectivity index (χ0) is 28.5. The Morgan fingerprint density at radius 2 is 1.79 bits per heavy atom. The normalized spacial score (nSPS) is 11.2. The molecule has 9 nitrogen and oxygen atoms in total. The quantitative estimate of drug-likeness (QED) is 0.335. The summed E-state index contributed by atoms with van der Waals surface area (Å²) >= 11 is 0. The van der Waals surface area contributed by atoms with Crippen molar-refractivity contribution in [1.82, 2.24) is 10.1 Å². The molecule has 0 radical (unpaired) electrons. The Kier molecular flexibility index (Phi) is 7.09. The zero-order valence-corrected chi connectivity index (χ0v) is 20.5. The van der Waals surface area contributed by atoms with Gasteiger partial charge in [0.15, 0.2) is 11.3 Å². The molecule has 0 saturated heterocycles. The molecule has 0 atom stereocenters. The molecule has 0 fully saturated rings. The number of carboxylic acids is 1. The van der Waals surface area contributed by atoms with Crippen molar-refractivity contribution in [2.24, 2.45) is 0 Å². The van der Waals surface area contributed by atoms with Crippen LogP contribution >= 0.6 is 0 Å². The molecule has 0 unspecified atom stereocenters. The number of hydrogen-bond donors (Lipinski definition) is 2. The minimum Gasteiger partial charge on any atom is -0.478 e. The Morgan fingerprint density at radius 1 is 1.08 bits per heavy atom. The predicted molar refractivity (Wildman–Crippen MR) is 133 cm³/mol. The number of anilines is 1. The number of hydrogen-bond acceptors (Lipinski definition) is 6. The first-order chi connectivity index (χ1) is 18.5. The third-order valence-corrected chi connectivity index (χ3v) is 6.03. The van der Waals surface area contributed by atoms with Gasteiger partial charge in [-0.25, -0.2) is 4.79 Å². The lowest BCUT2D eigenvalue weighted by Crippen LogP contribution is -2.27. The van der Waals surface area contributed by atoms with Crippen LogP contribution in [0, 0.1) is 11.3 Å². The Hall–Kier alpha value is -5.18. The first-order valence-corrected chi connectivity index (χ1v) is 11.4. The second kappa shape index (κ2) is 10.3. The highest BCUT2D eigenvalue weighted by molar-refractivity contribution is 6.14. The Balaban J connectivity index is 1.89. The van der Waals surface area contributed by atoms with Gasteiger partial charge in [-0.15, -0.1) is 0 Å². The highest BCUT2D eigenvalue weighted by Gasteiger charge is 2.35. The third-order valence-electron chi connectivity index (χ3n) is 6.03. The van der Waals surface area contributed by atoms with E-state index in [0.717, 1.165) is 12.1 Å². The number of carbonyl (C=O) groups excluding carboxylic acids is 2. The molecule has 1 heterocycles.